The molecule has 0 amide bonds. The van der Waals surface area contributed by atoms with E-state index in [4.69, 9.17) is 0 Å². The summed E-state index contributed by atoms with van der Waals surface area (Å²) in [6.45, 7) is 0.213. The minimum absolute atomic E-state index is 0.213. The molecule has 0 aliphatic heterocycles. The molecule has 2 aromatic rings. The maximum absolute atomic E-state index is 12.6. The summed E-state index contributed by atoms with van der Waals surface area (Å²) in [5.74, 6) is 0.683. The smallest absolute Gasteiger partial charge is 0.244 e. The lowest BCUT2D eigenvalue weighted by Crippen LogP contribution is -2.28. The first-order valence-corrected chi connectivity index (χ1v) is 8.72. The zero-order valence-electron chi connectivity index (χ0n) is 10.9. The van der Waals surface area contributed by atoms with Crippen LogP contribution < -0.4 is 0 Å². The molecule has 0 radical (unpaired) electrons. The van der Waals surface area contributed by atoms with E-state index in [0.29, 0.717) is 14.8 Å². The van der Waals surface area contributed by atoms with Crippen molar-refractivity contribution in [3.63, 3.8) is 0 Å². The Morgan fingerprint density at radius 1 is 1.35 bits per heavy atom. The van der Waals surface area contributed by atoms with E-state index in [1.165, 1.54) is 11.4 Å². The van der Waals surface area contributed by atoms with Gasteiger partial charge in [-0.05, 0) is 34.1 Å². The van der Waals surface area contributed by atoms with Crippen molar-refractivity contribution in [2.45, 2.75) is 11.4 Å². The highest BCUT2D eigenvalue weighted by Gasteiger charge is 2.24. The van der Waals surface area contributed by atoms with Crippen LogP contribution in [0.1, 0.15) is 5.82 Å². The molecule has 1 aromatic carbocycles. The Bertz CT molecular complexity index is 728. The summed E-state index contributed by atoms with van der Waals surface area (Å²) in [6, 6.07) is 5.06. The Labute approximate surface area is 134 Å². The number of sulfonamides is 1. The van der Waals surface area contributed by atoms with Crippen molar-refractivity contribution in [1.82, 2.24) is 13.9 Å². The number of benzene rings is 1. The van der Waals surface area contributed by atoms with E-state index in [1.807, 2.05) is 7.05 Å². The molecule has 1 heterocycles. The largest absolute Gasteiger partial charge is 0.337 e. The van der Waals surface area contributed by atoms with Crippen molar-refractivity contribution in [1.29, 1.82) is 0 Å². The highest BCUT2D eigenvalue weighted by atomic mass is 79.9. The van der Waals surface area contributed by atoms with Crippen LogP contribution in [0.25, 0.3) is 0 Å². The number of imidazole rings is 1. The Morgan fingerprint density at radius 3 is 2.65 bits per heavy atom. The minimum Gasteiger partial charge on any atom is -0.337 e. The Balaban J connectivity index is 2.35. The predicted octanol–water partition coefficient (Wildman–Crippen LogP) is 2.77. The molecule has 0 aliphatic rings. The van der Waals surface area contributed by atoms with Crippen LogP contribution in [0.2, 0.25) is 0 Å². The first kappa shape index (κ1) is 15.7. The standard InChI is InChI=1S/C12H13Br2N3O2S/c1-16-6-5-15-12(16)8-17(2)20(18,19)11-7-9(13)3-4-10(11)14/h3-7H,8H2,1-2H3. The van der Waals surface area contributed by atoms with Gasteiger partial charge in [-0.1, -0.05) is 15.9 Å². The van der Waals surface area contributed by atoms with Crippen LogP contribution >= 0.6 is 31.9 Å². The molecule has 0 fully saturated rings. The number of hydrogen-bond donors (Lipinski definition) is 0. The van der Waals surface area contributed by atoms with Gasteiger partial charge in [0.1, 0.15) is 5.82 Å². The van der Waals surface area contributed by atoms with E-state index in [9.17, 15) is 8.42 Å². The maximum atomic E-state index is 12.6. The maximum Gasteiger partial charge on any atom is 0.244 e. The molecule has 5 nitrogen and oxygen atoms in total. The van der Waals surface area contributed by atoms with Gasteiger partial charge in [-0.15, -0.1) is 0 Å². The summed E-state index contributed by atoms with van der Waals surface area (Å²) < 4.78 is 29.5. The van der Waals surface area contributed by atoms with Crippen LogP contribution in [0.4, 0.5) is 0 Å². The zero-order valence-corrected chi connectivity index (χ0v) is 14.9. The molecule has 0 atom stereocenters. The fourth-order valence-electron chi connectivity index (χ4n) is 1.68. The molecule has 8 heteroatoms. The number of nitrogens with zero attached hydrogens (tertiary/aromatic N) is 3. The van der Waals surface area contributed by atoms with Crippen LogP contribution in [0.3, 0.4) is 0 Å². The van der Waals surface area contributed by atoms with Crippen molar-refractivity contribution >= 4 is 41.9 Å². The van der Waals surface area contributed by atoms with Gasteiger partial charge in [0.15, 0.2) is 0 Å². The normalized spacial score (nSPS) is 12.1. The lowest BCUT2D eigenvalue weighted by atomic mass is 10.4. The molecule has 0 unspecified atom stereocenters. The number of rotatable bonds is 4. The van der Waals surface area contributed by atoms with E-state index in [-0.39, 0.29) is 11.4 Å². The fourth-order valence-corrected chi connectivity index (χ4v) is 4.26. The van der Waals surface area contributed by atoms with Gasteiger partial charge in [0, 0.05) is 35.4 Å². The summed E-state index contributed by atoms with van der Waals surface area (Å²) in [6.07, 6.45) is 3.43. The van der Waals surface area contributed by atoms with E-state index >= 15 is 0 Å². The molecular weight excluding hydrogens is 410 g/mol. The second-order valence-corrected chi connectivity index (χ2v) is 8.07. The van der Waals surface area contributed by atoms with E-state index in [2.05, 4.69) is 36.8 Å². The van der Waals surface area contributed by atoms with Gasteiger partial charge in [0.05, 0.1) is 11.4 Å². The molecule has 1 aromatic heterocycles. The second kappa shape index (κ2) is 5.97. The molecule has 0 N–H and O–H groups in total. The Hall–Kier alpha value is -0.700. The average molecular weight is 423 g/mol. The van der Waals surface area contributed by atoms with Gasteiger partial charge in [-0.2, -0.15) is 4.31 Å². The first-order valence-electron chi connectivity index (χ1n) is 5.70. The van der Waals surface area contributed by atoms with Gasteiger partial charge in [0.2, 0.25) is 10.0 Å². The third kappa shape index (κ3) is 3.13. The predicted molar refractivity (Wildman–Crippen MR) is 83.7 cm³/mol. The number of halogens is 2. The summed E-state index contributed by atoms with van der Waals surface area (Å²) in [7, 11) is -0.212. The van der Waals surface area contributed by atoms with Crippen molar-refractivity contribution in [3.8, 4) is 0 Å². The third-order valence-electron chi connectivity index (χ3n) is 2.87. The van der Waals surface area contributed by atoms with Gasteiger partial charge < -0.3 is 4.57 Å². The second-order valence-electron chi connectivity index (χ2n) is 4.29. The topological polar surface area (TPSA) is 55.2 Å². The van der Waals surface area contributed by atoms with E-state index in [1.54, 1.807) is 35.2 Å². The molecule has 2 rings (SSSR count). The molecule has 0 saturated heterocycles. The molecule has 108 valence electrons. The highest BCUT2D eigenvalue weighted by Crippen LogP contribution is 2.28. The summed E-state index contributed by atoms with van der Waals surface area (Å²) in [4.78, 5) is 4.36. The first-order chi connectivity index (χ1) is 9.32. The van der Waals surface area contributed by atoms with Crippen molar-refractivity contribution in [2.24, 2.45) is 7.05 Å². The Kier molecular flexibility index (Phi) is 4.68. The van der Waals surface area contributed by atoms with Crippen molar-refractivity contribution in [2.75, 3.05) is 7.05 Å². The minimum atomic E-state index is -3.58. The molecule has 0 saturated carbocycles. The van der Waals surface area contributed by atoms with Crippen LogP contribution in [0.15, 0.2) is 44.4 Å². The average Bonchev–Trinajstić information content (AvgIpc) is 2.78. The lowest BCUT2D eigenvalue weighted by molar-refractivity contribution is 0.451. The van der Waals surface area contributed by atoms with Gasteiger partial charge in [0.25, 0.3) is 0 Å². The zero-order chi connectivity index (χ0) is 14.9. The van der Waals surface area contributed by atoms with Gasteiger partial charge >= 0.3 is 0 Å². The molecule has 0 bridgehead atoms. The van der Waals surface area contributed by atoms with Crippen LogP contribution in [-0.4, -0.2) is 29.3 Å². The van der Waals surface area contributed by atoms with Gasteiger partial charge in [-0.25, -0.2) is 13.4 Å². The van der Waals surface area contributed by atoms with Crippen molar-refractivity contribution in [3.05, 3.63) is 45.4 Å². The molecule has 0 spiro atoms. The highest BCUT2D eigenvalue weighted by molar-refractivity contribution is 9.11. The quantitative estimate of drug-likeness (QED) is 0.761. The monoisotopic (exact) mass is 421 g/mol. The molecule has 0 aliphatic carbocycles. The van der Waals surface area contributed by atoms with E-state index in [0.717, 1.165) is 0 Å². The van der Waals surface area contributed by atoms with E-state index < -0.39 is 10.0 Å². The number of aromatic nitrogens is 2. The van der Waals surface area contributed by atoms with Crippen LogP contribution in [0, 0.1) is 0 Å². The SMILES string of the molecule is CN(Cc1nccn1C)S(=O)(=O)c1cc(Br)ccc1Br. The van der Waals surface area contributed by atoms with Gasteiger partial charge in [-0.3, -0.25) is 0 Å². The van der Waals surface area contributed by atoms with Crippen LogP contribution in [0.5, 0.6) is 0 Å². The number of hydrogen-bond acceptors (Lipinski definition) is 3. The lowest BCUT2D eigenvalue weighted by Gasteiger charge is -2.18. The fraction of sp³-hybridized carbons (Fsp3) is 0.250. The molecule has 20 heavy (non-hydrogen) atoms. The number of aryl methyl sites for hydroxylation is 1. The summed E-state index contributed by atoms with van der Waals surface area (Å²) in [5.41, 5.74) is 0. The Morgan fingerprint density at radius 2 is 2.05 bits per heavy atom. The van der Waals surface area contributed by atoms with Crippen LogP contribution in [-0.2, 0) is 23.6 Å². The third-order valence-corrected chi connectivity index (χ3v) is 6.16. The summed E-state index contributed by atoms with van der Waals surface area (Å²) >= 11 is 6.57. The molecular formula is C12H13Br2N3O2S. The summed E-state index contributed by atoms with van der Waals surface area (Å²) in [5, 5.41) is 0. The van der Waals surface area contributed by atoms with Crippen molar-refractivity contribution < 1.29 is 8.42 Å².